The summed E-state index contributed by atoms with van der Waals surface area (Å²) < 4.78 is 14.9. The molecule has 0 unspecified atom stereocenters. The van der Waals surface area contributed by atoms with Crippen molar-refractivity contribution in [2.45, 2.75) is 6.54 Å². The summed E-state index contributed by atoms with van der Waals surface area (Å²) in [6.45, 7) is 0.358. The molecule has 1 heterocycles. The maximum absolute atomic E-state index is 13.7. The van der Waals surface area contributed by atoms with E-state index in [0.29, 0.717) is 17.7 Å². The predicted molar refractivity (Wildman–Crippen MR) is 80.3 cm³/mol. The number of benzene rings is 2. The predicted octanol–water partition coefficient (Wildman–Crippen LogP) is 4.52. The maximum atomic E-state index is 13.7. The summed E-state index contributed by atoms with van der Waals surface area (Å²) in [6.07, 6.45) is 0. The number of nitrogens with one attached hydrogen (secondary N) is 1. The van der Waals surface area contributed by atoms with Crippen molar-refractivity contribution in [1.29, 1.82) is 5.26 Å². The molecule has 3 rings (SSSR count). The Kier molecular flexibility index (Phi) is 3.36. The van der Waals surface area contributed by atoms with Crippen molar-refractivity contribution >= 4 is 27.1 Å². The van der Waals surface area contributed by atoms with Gasteiger partial charge in [-0.3, -0.25) is 0 Å². The van der Waals surface area contributed by atoms with Crippen LogP contribution in [0, 0.1) is 17.1 Å². The molecule has 2 aromatic carbocycles. The van der Waals surface area contributed by atoms with Crippen molar-refractivity contribution in [1.82, 2.24) is 0 Å². The molecule has 0 saturated heterocycles. The molecule has 0 aliphatic carbocycles. The number of hydrogen-bond acceptors (Lipinski definition) is 3. The van der Waals surface area contributed by atoms with Crippen LogP contribution < -0.4 is 5.32 Å². The van der Waals surface area contributed by atoms with Crippen molar-refractivity contribution in [2.75, 3.05) is 5.32 Å². The molecule has 0 aliphatic heterocycles. The van der Waals surface area contributed by atoms with Gasteiger partial charge in [0.2, 0.25) is 0 Å². The average Bonchev–Trinajstić information content (AvgIpc) is 2.94. The molecule has 0 spiro atoms. The van der Waals surface area contributed by atoms with Gasteiger partial charge in [0.1, 0.15) is 5.82 Å². The molecule has 98 valence electrons. The molecule has 20 heavy (non-hydrogen) atoms. The molecule has 1 N–H and O–H groups in total. The van der Waals surface area contributed by atoms with Crippen LogP contribution in [0.1, 0.15) is 11.1 Å². The molecular weight excluding hydrogens is 271 g/mol. The summed E-state index contributed by atoms with van der Waals surface area (Å²) in [7, 11) is 0. The van der Waals surface area contributed by atoms with E-state index < -0.39 is 0 Å². The first kappa shape index (κ1) is 12.6. The zero-order valence-electron chi connectivity index (χ0n) is 10.6. The fourth-order valence-corrected chi connectivity index (χ4v) is 2.82. The summed E-state index contributed by atoms with van der Waals surface area (Å²) in [5.41, 5.74) is 1.91. The van der Waals surface area contributed by atoms with Crippen molar-refractivity contribution < 1.29 is 4.39 Å². The Balaban J connectivity index is 1.80. The van der Waals surface area contributed by atoms with E-state index in [4.69, 9.17) is 5.26 Å². The van der Waals surface area contributed by atoms with Crippen LogP contribution in [0.2, 0.25) is 0 Å². The second-order valence-electron chi connectivity index (χ2n) is 4.44. The highest BCUT2D eigenvalue weighted by Crippen LogP contribution is 2.24. The Morgan fingerprint density at radius 1 is 1.15 bits per heavy atom. The van der Waals surface area contributed by atoms with Gasteiger partial charge in [0.25, 0.3) is 0 Å². The first-order valence-electron chi connectivity index (χ1n) is 6.16. The number of thiophene rings is 1. The zero-order valence-corrected chi connectivity index (χ0v) is 11.4. The highest BCUT2D eigenvalue weighted by molar-refractivity contribution is 7.17. The van der Waals surface area contributed by atoms with Crippen LogP contribution in [0.3, 0.4) is 0 Å². The molecule has 0 aliphatic rings. The van der Waals surface area contributed by atoms with Gasteiger partial charge in [-0.1, -0.05) is 0 Å². The van der Waals surface area contributed by atoms with E-state index in [-0.39, 0.29) is 5.82 Å². The molecule has 0 atom stereocenters. The van der Waals surface area contributed by atoms with Crippen LogP contribution in [-0.4, -0.2) is 0 Å². The van der Waals surface area contributed by atoms with E-state index in [1.165, 1.54) is 22.2 Å². The first-order chi connectivity index (χ1) is 9.76. The second kappa shape index (κ2) is 5.32. The summed E-state index contributed by atoms with van der Waals surface area (Å²) in [6, 6.07) is 14.5. The largest absolute Gasteiger partial charge is 0.381 e. The van der Waals surface area contributed by atoms with Crippen LogP contribution in [-0.2, 0) is 6.54 Å². The number of nitriles is 1. The van der Waals surface area contributed by atoms with E-state index in [2.05, 4.69) is 11.4 Å². The standard InChI is InChI=1S/C16H11FN2S/c17-15-3-1-11(9-18)7-13(15)10-19-14-2-4-16-12(8-14)5-6-20-16/h1-8,19H,10H2. The molecule has 0 radical (unpaired) electrons. The third kappa shape index (κ3) is 2.49. The number of rotatable bonds is 3. The van der Waals surface area contributed by atoms with Crippen LogP contribution in [0.5, 0.6) is 0 Å². The van der Waals surface area contributed by atoms with Crippen molar-refractivity contribution in [2.24, 2.45) is 0 Å². The van der Waals surface area contributed by atoms with E-state index >= 15 is 0 Å². The maximum Gasteiger partial charge on any atom is 0.128 e. The quantitative estimate of drug-likeness (QED) is 0.766. The lowest BCUT2D eigenvalue weighted by Crippen LogP contribution is -2.02. The highest BCUT2D eigenvalue weighted by Gasteiger charge is 2.04. The van der Waals surface area contributed by atoms with Gasteiger partial charge >= 0.3 is 0 Å². The lowest BCUT2D eigenvalue weighted by Gasteiger charge is -2.08. The summed E-state index contributed by atoms with van der Waals surface area (Å²) in [5, 5.41) is 15.3. The van der Waals surface area contributed by atoms with Crippen LogP contribution in [0.15, 0.2) is 47.8 Å². The molecule has 1 aromatic heterocycles. The van der Waals surface area contributed by atoms with Gasteiger partial charge in [-0.25, -0.2) is 4.39 Å². The van der Waals surface area contributed by atoms with Gasteiger partial charge in [0.05, 0.1) is 11.6 Å². The smallest absolute Gasteiger partial charge is 0.128 e. The van der Waals surface area contributed by atoms with E-state index in [9.17, 15) is 4.39 Å². The molecule has 0 bridgehead atoms. The molecule has 0 saturated carbocycles. The van der Waals surface area contributed by atoms with Crippen molar-refractivity contribution in [3.05, 3.63) is 64.8 Å². The summed E-state index contributed by atoms with van der Waals surface area (Å²) in [4.78, 5) is 0. The zero-order chi connectivity index (χ0) is 13.9. The highest BCUT2D eigenvalue weighted by atomic mass is 32.1. The van der Waals surface area contributed by atoms with Crippen LogP contribution in [0.4, 0.5) is 10.1 Å². The van der Waals surface area contributed by atoms with E-state index in [1.807, 2.05) is 29.6 Å². The Hall–Kier alpha value is -2.38. The first-order valence-corrected chi connectivity index (χ1v) is 7.04. The lowest BCUT2D eigenvalue weighted by atomic mass is 10.1. The Labute approximate surface area is 120 Å². The monoisotopic (exact) mass is 282 g/mol. The van der Waals surface area contributed by atoms with Gasteiger partial charge in [0, 0.05) is 22.5 Å². The third-order valence-corrected chi connectivity index (χ3v) is 4.01. The fraction of sp³-hybridized carbons (Fsp3) is 0.0625. The minimum atomic E-state index is -0.298. The fourth-order valence-electron chi connectivity index (χ4n) is 2.05. The normalized spacial score (nSPS) is 10.4. The minimum Gasteiger partial charge on any atom is -0.381 e. The van der Waals surface area contributed by atoms with E-state index in [0.717, 1.165) is 5.69 Å². The number of anilines is 1. The SMILES string of the molecule is N#Cc1ccc(F)c(CNc2ccc3sccc3c2)c1. The number of hydrogen-bond donors (Lipinski definition) is 1. The minimum absolute atomic E-state index is 0.298. The van der Waals surface area contributed by atoms with Gasteiger partial charge in [-0.05, 0) is 53.2 Å². The van der Waals surface area contributed by atoms with Crippen molar-refractivity contribution in [3.63, 3.8) is 0 Å². The molecule has 3 aromatic rings. The van der Waals surface area contributed by atoms with Gasteiger partial charge < -0.3 is 5.32 Å². The summed E-state index contributed by atoms with van der Waals surface area (Å²) >= 11 is 1.69. The number of fused-ring (bicyclic) bond motifs is 1. The second-order valence-corrected chi connectivity index (χ2v) is 5.39. The van der Waals surface area contributed by atoms with Gasteiger partial charge in [-0.15, -0.1) is 11.3 Å². The average molecular weight is 282 g/mol. The molecule has 4 heteroatoms. The number of nitrogens with zero attached hydrogens (tertiary/aromatic N) is 1. The van der Waals surface area contributed by atoms with Gasteiger partial charge in [0.15, 0.2) is 0 Å². The van der Waals surface area contributed by atoms with E-state index in [1.54, 1.807) is 17.4 Å². The van der Waals surface area contributed by atoms with Gasteiger partial charge in [-0.2, -0.15) is 5.26 Å². The Morgan fingerprint density at radius 2 is 2.05 bits per heavy atom. The molecule has 0 fully saturated rings. The topological polar surface area (TPSA) is 35.8 Å². The molecular formula is C16H11FN2S. The van der Waals surface area contributed by atoms with Crippen LogP contribution in [0.25, 0.3) is 10.1 Å². The lowest BCUT2D eigenvalue weighted by molar-refractivity contribution is 0.613. The van der Waals surface area contributed by atoms with Crippen molar-refractivity contribution in [3.8, 4) is 6.07 Å². The number of halogens is 1. The molecule has 0 amide bonds. The Bertz CT molecular complexity index is 802. The summed E-state index contributed by atoms with van der Waals surface area (Å²) in [5.74, 6) is -0.298. The van der Waals surface area contributed by atoms with Crippen LogP contribution >= 0.6 is 11.3 Å². The third-order valence-electron chi connectivity index (χ3n) is 3.11. The Morgan fingerprint density at radius 3 is 2.90 bits per heavy atom. The molecule has 2 nitrogen and oxygen atoms in total.